The molecule has 1 atom stereocenters. The molecule has 0 aliphatic rings. The number of nitrogens with zero attached hydrogens (tertiary/aromatic N) is 4. The highest BCUT2D eigenvalue weighted by Crippen LogP contribution is 2.25. The average Bonchev–Trinajstić information content (AvgIpc) is 3.07. The molecule has 1 unspecified atom stereocenters. The second kappa shape index (κ2) is 6.04. The molecule has 2 heterocycles. The molecule has 0 saturated carbocycles. The minimum Gasteiger partial charge on any atom is -0.291 e. The van der Waals surface area contributed by atoms with Crippen LogP contribution in [0.5, 0.6) is 0 Å². The summed E-state index contributed by atoms with van der Waals surface area (Å²) in [6, 6.07) is 20.1. The van der Waals surface area contributed by atoms with Gasteiger partial charge in [0.05, 0.1) is 5.52 Å². The lowest BCUT2D eigenvalue weighted by atomic mass is 9.98. The van der Waals surface area contributed by atoms with Gasteiger partial charge in [-0.25, -0.2) is 4.68 Å². The van der Waals surface area contributed by atoms with Crippen LogP contribution in [0.4, 0.5) is 0 Å². The predicted octanol–water partition coefficient (Wildman–Crippen LogP) is 3.30. The van der Waals surface area contributed by atoms with E-state index in [0.29, 0.717) is 5.56 Å². The van der Waals surface area contributed by atoms with E-state index in [4.69, 9.17) is 0 Å². The van der Waals surface area contributed by atoms with E-state index in [1.165, 1.54) is 0 Å². The zero-order valence-electron chi connectivity index (χ0n) is 12.8. The van der Waals surface area contributed by atoms with Crippen molar-refractivity contribution < 1.29 is 4.79 Å². The van der Waals surface area contributed by atoms with E-state index in [9.17, 15) is 4.79 Å². The number of pyridine rings is 1. The summed E-state index contributed by atoms with van der Waals surface area (Å²) < 4.78 is 1.69. The molecule has 2 aromatic carbocycles. The van der Waals surface area contributed by atoms with E-state index in [2.05, 4.69) is 15.3 Å². The van der Waals surface area contributed by atoms with E-state index < -0.39 is 6.04 Å². The third kappa shape index (κ3) is 2.46. The first-order chi connectivity index (χ1) is 11.8. The fraction of sp³-hybridized carbons (Fsp3) is 0.0526. The third-order valence-electron chi connectivity index (χ3n) is 3.95. The van der Waals surface area contributed by atoms with Crippen LogP contribution in [0.15, 0.2) is 79.1 Å². The normalized spacial score (nSPS) is 12.2. The molecule has 5 nitrogen and oxygen atoms in total. The van der Waals surface area contributed by atoms with Gasteiger partial charge in [0.2, 0.25) is 0 Å². The molecule has 2 aromatic heterocycles. The fourth-order valence-electron chi connectivity index (χ4n) is 2.79. The van der Waals surface area contributed by atoms with Crippen molar-refractivity contribution in [2.45, 2.75) is 6.04 Å². The number of benzene rings is 2. The number of fused-ring (bicyclic) bond motifs is 1. The number of ketones is 1. The van der Waals surface area contributed by atoms with Gasteiger partial charge in [-0.15, -0.1) is 5.10 Å². The van der Waals surface area contributed by atoms with Crippen molar-refractivity contribution in [3.05, 3.63) is 90.3 Å². The first-order valence-corrected chi connectivity index (χ1v) is 7.64. The van der Waals surface area contributed by atoms with Crippen LogP contribution in [0.25, 0.3) is 11.0 Å². The van der Waals surface area contributed by atoms with Gasteiger partial charge in [-0.1, -0.05) is 47.7 Å². The number of para-hydroxylation sites is 1. The van der Waals surface area contributed by atoms with Crippen LogP contribution in [-0.2, 0) is 0 Å². The van der Waals surface area contributed by atoms with Crippen molar-refractivity contribution in [3.63, 3.8) is 0 Å². The topological polar surface area (TPSA) is 60.7 Å². The van der Waals surface area contributed by atoms with Crippen molar-refractivity contribution in [1.29, 1.82) is 0 Å². The van der Waals surface area contributed by atoms with Gasteiger partial charge in [0.1, 0.15) is 11.6 Å². The molecule has 5 heteroatoms. The van der Waals surface area contributed by atoms with Gasteiger partial charge < -0.3 is 0 Å². The Hall–Kier alpha value is -3.34. The van der Waals surface area contributed by atoms with Crippen LogP contribution in [0, 0.1) is 0 Å². The zero-order valence-corrected chi connectivity index (χ0v) is 12.8. The Morgan fingerprint density at radius 1 is 0.875 bits per heavy atom. The third-order valence-corrected chi connectivity index (χ3v) is 3.95. The van der Waals surface area contributed by atoms with Crippen molar-refractivity contribution in [3.8, 4) is 0 Å². The maximum Gasteiger partial charge on any atom is 0.192 e. The van der Waals surface area contributed by atoms with Crippen LogP contribution in [0.2, 0.25) is 0 Å². The Morgan fingerprint density at radius 2 is 1.58 bits per heavy atom. The van der Waals surface area contributed by atoms with Gasteiger partial charge in [-0.05, 0) is 29.8 Å². The largest absolute Gasteiger partial charge is 0.291 e. The van der Waals surface area contributed by atoms with Crippen molar-refractivity contribution in [2.75, 3.05) is 0 Å². The van der Waals surface area contributed by atoms with Crippen LogP contribution in [0.3, 0.4) is 0 Å². The number of Topliss-reactive ketones (excluding diaryl/α,β-unsaturated/α-hetero) is 1. The van der Waals surface area contributed by atoms with E-state index in [-0.39, 0.29) is 5.78 Å². The highest BCUT2D eigenvalue weighted by atomic mass is 16.1. The van der Waals surface area contributed by atoms with Crippen LogP contribution < -0.4 is 0 Å². The van der Waals surface area contributed by atoms with Gasteiger partial charge >= 0.3 is 0 Å². The Morgan fingerprint density at radius 3 is 2.38 bits per heavy atom. The molecule has 0 aliphatic heterocycles. The first kappa shape index (κ1) is 14.3. The molecule has 116 valence electrons. The SMILES string of the molecule is O=C(c1ccncc1)C(c1ccccc1)n1nnc2ccccc21. The van der Waals surface area contributed by atoms with Crippen LogP contribution in [-0.4, -0.2) is 25.8 Å². The van der Waals surface area contributed by atoms with Crippen molar-refractivity contribution in [2.24, 2.45) is 0 Å². The molecule has 0 amide bonds. The van der Waals surface area contributed by atoms with E-state index in [1.54, 1.807) is 29.2 Å². The highest BCUT2D eigenvalue weighted by molar-refractivity contribution is 6.01. The predicted molar refractivity (Wildman–Crippen MR) is 90.7 cm³/mol. The number of hydrogen-bond donors (Lipinski definition) is 0. The minimum absolute atomic E-state index is 0.0424. The monoisotopic (exact) mass is 314 g/mol. The number of carbonyl (C=O) groups excluding carboxylic acids is 1. The molecule has 4 aromatic rings. The second-order valence-electron chi connectivity index (χ2n) is 5.44. The molecule has 4 rings (SSSR count). The zero-order chi connectivity index (χ0) is 16.4. The maximum absolute atomic E-state index is 13.2. The molecular weight excluding hydrogens is 300 g/mol. The maximum atomic E-state index is 13.2. The van der Waals surface area contributed by atoms with E-state index >= 15 is 0 Å². The summed E-state index contributed by atoms with van der Waals surface area (Å²) in [7, 11) is 0. The van der Waals surface area contributed by atoms with Gasteiger partial charge in [0, 0.05) is 18.0 Å². The van der Waals surface area contributed by atoms with Gasteiger partial charge in [0.25, 0.3) is 0 Å². The van der Waals surface area contributed by atoms with Crippen molar-refractivity contribution in [1.82, 2.24) is 20.0 Å². The smallest absolute Gasteiger partial charge is 0.192 e. The summed E-state index contributed by atoms with van der Waals surface area (Å²) in [5.74, 6) is -0.0424. The summed E-state index contributed by atoms with van der Waals surface area (Å²) >= 11 is 0. The molecule has 0 bridgehead atoms. The summed E-state index contributed by atoms with van der Waals surface area (Å²) in [4.78, 5) is 17.2. The Bertz CT molecular complexity index is 980. The number of aromatic nitrogens is 4. The Labute approximate surface area is 138 Å². The number of hydrogen-bond acceptors (Lipinski definition) is 4. The van der Waals surface area contributed by atoms with Crippen LogP contribution >= 0.6 is 0 Å². The van der Waals surface area contributed by atoms with E-state index in [0.717, 1.165) is 16.6 Å². The standard InChI is InChI=1S/C19H14N4O/c24-19(15-10-12-20-13-11-15)18(14-6-2-1-3-7-14)23-17-9-5-4-8-16(17)21-22-23/h1-13,18H. The molecule has 0 aliphatic carbocycles. The molecule has 0 saturated heterocycles. The highest BCUT2D eigenvalue weighted by Gasteiger charge is 2.26. The minimum atomic E-state index is -0.569. The quantitative estimate of drug-likeness (QED) is 0.542. The fourth-order valence-corrected chi connectivity index (χ4v) is 2.79. The average molecular weight is 314 g/mol. The second-order valence-corrected chi connectivity index (χ2v) is 5.44. The lowest BCUT2D eigenvalue weighted by Gasteiger charge is -2.17. The van der Waals surface area contributed by atoms with Gasteiger partial charge in [-0.3, -0.25) is 9.78 Å². The summed E-state index contributed by atoms with van der Waals surface area (Å²) in [6.07, 6.45) is 3.24. The van der Waals surface area contributed by atoms with Crippen molar-refractivity contribution >= 4 is 16.8 Å². The van der Waals surface area contributed by atoms with Gasteiger partial charge in [-0.2, -0.15) is 0 Å². The van der Waals surface area contributed by atoms with E-state index in [1.807, 2.05) is 54.6 Å². The molecule has 0 radical (unpaired) electrons. The number of carbonyl (C=O) groups is 1. The summed E-state index contributed by atoms with van der Waals surface area (Å²) in [5.41, 5.74) is 3.06. The van der Waals surface area contributed by atoms with Gasteiger partial charge in [0.15, 0.2) is 5.78 Å². The lowest BCUT2D eigenvalue weighted by Crippen LogP contribution is -2.22. The summed E-state index contributed by atoms with van der Waals surface area (Å²) in [6.45, 7) is 0. The first-order valence-electron chi connectivity index (χ1n) is 7.64. The Kier molecular flexibility index (Phi) is 3.59. The molecule has 0 spiro atoms. The lowest BCUT2D eigenvalue weighted by molar-refractivity contribution is 0.0941. The Balaban J connectivity index is 1.90. The molecule has 24 heavy (non-hydrogen) atoms. The summed E-state index contributed by atoms with van der Waals surface area (Å²) in [5, 5.41) is 8.44. The molecule has 0 N–H and O–H groups in total. The molecule has 0 fully saturated rings. The van der Waals surface area contributed by atoms with Crippen LogP contribution in [0.1, 0.15) is 22.0 Å². The molecular formula is C19H14N4O. The number of rotatable bonds is 4.